The third-order valence-corrected chi connectivity index (χ3v) is 5.77. The first kappa shape index (κ1) is 19.0. The molecule has 28 heavy (non-hydrogen) atoms. The van der Waals surface area contributed by atoms with Gasteiger partial charge in [-0.25, -0.2) is 4.79 Å². The Kier molecular flexibility index (Phi) is 5.64. The Morgan fingerprint density at radius 1 is 1.11 bits per heavy atom. The van der Waals surface area contributed by atoms with Crippen molar-refractivity contribution in [3.63, 3.8) is 0 Å². The molecule has 2 aliphatic rings. The summed E-state index contributed by atoms with van der Waals surface area (Å²) in [7, 11) is 0. The van der Waals surface area contributed by atoms with Crippen molar-refractivity contribution in [1.82, 2.24) is 10.2 Å². The second-order valence-electron chi connectivity index (χ2n) is 7.84. The Labute approximate surface area is 166 Å². The standard InChI is InChI=1S/C23H28N2O3/c1-18-6-5-9-20(16-18)21(19-7-3-2-4-8-19)27-15-14-25-12-10-23(11-13-25)17-24-22(26)28-23/h2-9,16,21H,10-15,17H2,1H3,(H,24,26). The van der Waals surface area contributed by atoms with Crippen molar-refractivity contribution in [1.29, 1.82) is 0 Å². The maximum atomic E-state index is 11.4. The van der Waals surface area contributed by atoms with Crippen LogP contribution in [0, 0.1) is 6.92 Å². The first-order valence-electron chi connectivity index (χ1n) is 10.1. The highest BCUT2D eigenvalue weighted by Gasteiger charge is 2.42. The van der Waals surface area contributed by atoms with Gasteiger partial charge >= 0.3 is 6.09 Å². The third kappa shape index (κ3) is 4.37. The number of carbonyl (C=O) groups is 1. The highest BCUT2D eigenvalue weighted by atomic mass is 16.6. The van der Waals surface area contributed by atoms with E-state index < -0.39 is 0 Å². The Balaban J connectivity index is 1.34. The molecule has 2 saturated heterocycles. The van der Waals surface area contributed by atoms with Crippen molar-refractivity contribution < 1.29 is 14.3 Å². The number of piperidine rings is 1. The summed E-state index contributed by atoms with van der Waals surface area (Å²) < 4.78 is 11.9. The molecule has 0 aliphatic carbocycles. The Morgan fingerprint density at radius 3 is 2.54 bits per heavy atom. The molecule has 1 atom stereocenters. The highest BCUT2D eigenvalue weighted by Crippen LogP contribution is 2.30. The predicted octanol–water partition coefficient (Wildman–Crippen LogP) is 3.68. The van der Waals surface area contributed by atoms with Gasteiger partial charge in [0.25, 0.3) is 0 Å². The van der Waals surface area contributed by atoms with Crippen molar-refractivity contribution in [2.75, 3.05) is 32.8 Å². The molecule has 0 bridgehead atoms. The van der Waals surface area contributed by atoms with Crippen LogP contribution in [0.25, 0.3) is 0 Å². The van der Waals surface area contributed by atoms with Crippen LogP contribution in [0.15, 0.2) is 54.6 Å². The predicted molar refractivity (Wildman–Crippen MR) is 108 cm³/mol. The number of nitrogens with one attached hydrogen (secondary N) is 1. The average molecular weight is 380 g/mol. The molecule has 2 fully saturated rings. The Bertz CT molecular complexity index is 801. The van der Waals surface area contributed by atoms with Crippen LogP contribution in [0.5, 0.6) is 0 Å². The topological polar surface area (TPSA) is 50.8 Å². The van der Waals surface area contributed by atoms with E-state index in [2.05, 4.69) is 65.7 Å². The molecule has 1 amide bonds. The molecule has 0 saturated carbocycles. The number of benzene rings is 2. The number of hydrogen-bond donors (Lipinski definition) is 1. The van der Waals surface area contributed by atoms with Gasteiger partial charge in [0.2, 0.25) is 0 Å². The van der Waals surface area contributed by atoms with Crippen molar-refractivity contribution in [3.05, 3.63) is 71.3 Å². The molecule has 2 heterocycles. The van der Waals surface area contributed by atoms with Gasteiger partial charge in [0.1, 0.15) is 11.7 Å². The number of nitrogens with zero attached hydrogens (tertiary/aromatic N) is 1. The van der Waals surface area contributed by atoms with Crippen LogP contribution in [0.1, 0.15) is 35.6 Å². The van der Waals surface area contributed by atoms with E-state index in [1.165, 1.54) is 16.7 Å². The summed E-state index contributed by atoms with van der Waals surface area (Å²) in [6.07, 6.45) is 1.43. The summed E-state index contributed by atoms with van der Waals surface area (Å²) in [5.74, 6) is 0. The summed E-state index contributed by atoms with van der Waals surface area (Å²) in [6, 6.07) is 18.9. The number of likely N-dealkylation sites (tertiary alicyclic amines) is 1. The zero-order valence-corrected chi connectivity index (χ0v) is 16.4. The third-order valence-electron chi connectivity index (χ3n) is 5.77. The van der Waals surface area contributed by atoms with Crippen molar-refractivity contribution >= 4 is 6.09 Å². The van der Waals surface area contributed by atoms with Gasteiger partial charge in [-0.3, -0.25) is 0 Å². The Morgan fingerprint density at radius 2 is 1.86 bits per heavy atom. The smallest absolute Gasteiger partial charge is 0.407 e. The van der Waals surface area contributed by atoms with E-state index in [0.717, 1.165) is 32.5 Å². The monoisotopic (exact) mass is 380 g/mol. The molecule has 5 nitrogen and oxygen atoms in total. The van der Waals surface area contributed by atoms with E-state index in [9.17, 15) is 4.79 Å². The van der Waals surface area contributed by atoms with E-state index >= 15 is 0 Å². The summed E-state index contributed by atoms with van der Waals surface area (Å²) in [5, 5.41) is 2.79. The largest absolute Gasteiger partial charge is 0.441 e. The number of ether oxygens (including phenoxy) is 2. The molecular formula is C23H28N2O3. The van der Waals surface area contributed by atoms with Crippen LogP contribution in [0.2, 0.25) is 0 Å². The molecule has 1 spiro atoms. The lowest BCUT2D eigenvalue weighted by Gasteiger charge is -2.37. The van der Waals surface area contributed by atoms with Gasteiger partial charge in [0.15, 0.2) is 0 Å². The van der Waals surface area contributed by atoms with Crippen molar-refractivity contribution in [2.45, 2.75) is 31.5 Å². The van der Waals surface area contributed by atoms with E-state index in [0.29, 0.717) is 13.2 Å². The molecule has 4 rings (SSSR count). The van der Waals surface area contributed by atoms with Gasteiger partial charge in [0.05, 0.1) is 13.2 Å². The molecular weight excluding hydrogens is 352 g/mol. The molecule has 5 heteroatoms. The first-order valence-corrected chi connectivity index (χ1v) is 10.1. The Hall–Kier alpha value is -2.37. The fourth-order valence-corrected chi connectivity index (χ4v) is 4.11. The van der Waals surface area contributed by atoms with Gasteiger partial charge in [-0.1, -0.05) is 60.2 Å². The van der Waals surface area contributed by atoms with Gasteiger partial charge in [-0.2, -0.15) is 0 Å². The number of alkyl carbamates (subject to hydrolysis) is 1. The van der Waals surface area contributed by atoms with E-state index in [4.69, 9.17) is 9.47 Å². The lowest BCUT2D eigenvalue weighted by Crippen LogP contribution is -2.47. The van der Waals surface area contributed by atoms with E-state index in [1.807, 2.05) is 6.07 Å². The van der Waals surface area contributed by atoms with Crippen LogP contribution in [-0.2, 0) is 9.47 Å². The van der Waals surface area contributed by atoms with Gasteiger partial charge in [-0.15, -0.1) is 0 Å². The zero-order valence-electron chi connectivity index (χ0n) is 16.4. The van der Waals surface area contributed by atoms with Crippen LogP contribution >= 0.6 is 0 Å². The normalized spacial score (nSPS) is 20.0. The molecule has 2 aliphatic heterocycles. The molecule has 1 N–H and O–H groups in total. The fourth-order valence-electron chi connectivity index (χ4n) is 4.11. The lowest BCUT2D eigenvalue weighted by atomic mass is 9.92. The summed E-state index contributed by atoms with van der Waals surface area (Å²) in [6.45, 7) is 6.15. The van der Waals surface area contributed by atoms with Crippen LogP contribution in [0.3, 0.4) is 0 Å². The van der Waals surface area contributed by atoms with Crippen molar-refractivity contribution in [2.24, 2.45) is 0 Å². The van der Waals surface area contributed by atoms with Crippen LogP contribution in [-0.4, -0.2) is 49.4 Å². The number of carbonyl (C=O) groups excluding carboxylic acids is 1. The molecule has 148 valence electrons. The lowest BCUT2D eigenvalue weighted by molar-refractivity contribution is -0.0105. The molecule has 1 unspecified atom stereocenters. The first-order chi connectivity index (χ1) is 13.6. The number of hydrogen-bond acceptors (Lipinski definition) is 4. The highest BCUT2D eigenvalue weighted by molar-refractivity contribution is 5.70. The molecule has 2 aromatic carbocycles. The number of rotatable bonds is 6. The van der Waals surface area contributed by atoms with Gasteiger partial charge < -0.3 is 19.7 Å². The summed E-state index contributed by atoms with van der Waals surface area (Å²) >= 11 is 0. The van der Waals surface area contributed by atoms with Gasteiger partial charge in [-0.05, 0) is 18.1 Å². The molecule has 0 radical (unpaired) electrons. The maximum Gasteiger partial charge on any atom is 0.407 e. The molecule has 0 aromatic heterocycles. The van der Waals surface area contributed by atoms with Crippen molar-refractivity contribution in [3.8, 4) is 0 Å². The summed E-state index contributed by atoms with van der Waals surface area (Å²) in [4.78, 5) is 13.8. The SMILES string of the molecule is Cc1cccc(C(OCCN2CCC3(CC2)CNC(=O)O3)c2ccccc2)c1. The minimum atomic E-state index is -0.289. The van der Waals surface area contributed by atoms with Crippen LogP contribution in [0.4, 0.5) is 4.79 Å². The van der Waals surface area contributed by atoms with Crippen LogP contribution < -0.4 is 5.32 Å². The zero-order chi connectivity index (χ0) is 19.4. The number of aryl methyl sites for hydroxylation is 1. The number of amides is 1. The second kappa shape index (κ2) is 8.33. The quantitative estimate of drug-likeness (QED) is 0.831. The second-order valence-corrected chi connectivity index (χ2v) is 7.84. The fraction of sp³-hybridized carbons (Fsp3) is 0.435. The van der Waals surface area contributed by atoms with E-state index in [-0.39, 0.29) is 17.8 Å². The summed E-state index contributed by atoms with van der Waals surface area (Å²) in [5.41, 5.74) is 3.31. The maximum absolute atomic E-state index is 11.4. The van der Waals surface area contributed by atoms with Gasteiger partial charge in [0, 0.05) is 32.5 Å². The minimum Gasteiger partial charge on any atom is -0.441 e. The minimum absolute atomic E-state index is 0.0581. The van der Waals surface area contributed by atoms with E-state index in [1.54, 1.807) is 0 Å². The molecule has 2 aromatic rings. The average Bonchev–Trinajstić information content (AvgIpc) is 3.07.